The summed E-state index contributed by atoms with van der Waals surface area (Å²) in [6.45, 7) is 0.137. The predicted molar refractivity (Wildman–Crippen MR) is 99.4 cm³/mol. The van der Waals surface area contributed by atoms with Gasteiger partial charge in [0.05, 0.1) is 12.6 Å². The lowest BCUT2D eigenvalue weighted by molar-refractivity contribution is -0.120. The molecule has 0 aliphatic rings. The molecule has 0 atom stereocenters. The van der Waals surface area contributed by atoms with Gasteiger partial charge in [-0.3, -0.25) is 4.79 Å². The molecule has 6 heteroatoms. The van der Waals surface area contributed by atoms with Gasteiger partial charge in [-0.1, -0.05) is 45.6 Å². The summed E-state index contributed by atoms with van der Waals surface area (Å²) < 4.78 is 6.37. The second-order valence-electron chi connectivity index (χ2n) is 4.77. The zero-order chi connectivity index (χ0) is 17.4. The summed E-state index contributed by atoms with van der Waals surface area (Å²) in [5.74, 6) is 2.71. The Morgan fingerprint density at radius 1 is 1.33 bits per heavy atom. The van der Waals surface area contributed by atoms with E-state index in [2.05, 4.69) is 32.4 Å². The molecule has 0 aliphatic carbocycles. The van der Waals surface area contributed by atoms with Crippen LogP contribution < -0.4 is 10.2 Å². The van der Waals surface area contributed by atoms with E-state index in [0.29, 0.717) is 16.3 Å². The minimum absolute atomic E-state index is 0.137. The largest absolute Gasteiger partial charge is 0.480 e. The van der Waals surface area contributed by atoms with E-state index >= 15 is 0 Å². The first-order chi connectivity index (χ1) is 11.6. The third-order valence-corrected chi connectivity index (χ3v) is 3.72. The summed E-state index contributed by atoms with van der Waals surface area (Å²) in [5, 5.41) is 4.47. The molecule has 0 fully saturated rings. The van der Waals surface area contributed by atoms with Crippen molar-refractivity contribution in [3.63, 3.8) is 0 Å². The van der Waals surface area contributed by atoms with Crippen molar-refractivity contribution in [3.05, 3.63) is 63.1 Å². The van der Waals surface area contributed by atoms with Gasteiger partial charge in [0.15, 0.2) is 0 Å². The van der Waals surface area contributed by atoms with E-state index in [0.717, 1.165) is 10.0 Å². The number of rotatable bonds is 6. The molecule has 0 saturated carbocycles. The van der Waals surface area contributed by atoms with E-state index in [4.69, 9.17) is 22.8 Å². The maximum absolute atomic E-state index is 11.9. The molecule has 0 saturated heterocycles. The lowest BCUT2D eigenvalue weighted by Crippen LogP contribution is -2.19. The van der Waals surface area contributed by atoms with Crippen LogP contribution in [0.5, 0.6) is 5.75 Å². The van der Waals surface area contributed by atoms with E-state index in [1.165, 1.54) is 6.21 Å². The van der Waals surface area contributed by atoms with Crippen molar-refractivity contribution in [1.82, 2.24) is 5.43 Å². The van der Waals surface area contributed by atoms with Crippen LogP contribution in [0.3, 0.4) is 0 Å². The molecular formula is C18H14BrClN2O2. The molecule has 2 aromatic rings. The highest BCUT2D eigenvalue weighted by Crippen LogP contribution is 2.21. The molecule has 4 nitrogen and oxygen atoms in total. The zero-order valence-corrected chi connectivity index (χ0v) is 15.0. The summed E-state index contributed by atoms with van der Waals surface area (Å²) in [7, 11) is 0. The average molecular weight is 406 g/mol. The normalized spacial score (nSPS) is 10.4. The molecule has 0 aromatic heterocycles. The Morgan fingerprint density at radius 3 is 2.79 bits per heavy atom. The zero-order valence-electron chi connectivity index (χ0n) is 12.6. The smallest absolute Gasteiger partial charge is 0.244 e. The first-order valence-electron chi connectivity index (χ1n) is 7.00. The van der Waals surface area contributed by atoms with Crippen LogP contribution >= 0.6 is 27.5 Å². The molecule has 0 bridgehead atoms. The van der Waals surface area contributed by atoms with Crippen LogP contribution in [0.15, 0.2) is 52.0 Å². The number of ether oxygens (including phenoxy) is 1. The minimum atomic E-state index is -0.221. The van der Waals surface area contributed by atoms with Gasteiger partial charge in [-0.25, -0.2) is 5.43 Å². The van der Waals surface area contributed by atoms with E-state index in [-0.39, 0.29) is 18.9 Å². The summed E-state index contributed by atoms with van der Waals surface area (Å²) in [6, 6.07) is 12.6. The van der Waals surface area contributed by atoms with E-state index in [1.807, 2.05) is 24.3 Å². The highest BCUT2D eigenvalue weighted by Gasteiger charge is 2.04. The van der Waals surface area contributed by atoms with Crippen LogP contribution in [0.2, 0.25) is 5.02 Å². The first kappa shape index (κ1) is 18.1. The van der Waals surface area contributed by atoms with Crippen molar-refractivity contribution in [2.45, 2.75) is 6.42 Å². The second kappa shape index (κ2) is 9.11. The van der Waals surface area contributed by atoms with Crippen molar-refractivity contribution in [3.8, 4) is 18.1 Å². The number of hydrazone groups is 1. The lowest BCUT2D eigenvalue weighted by atomic mass is 10.1. The monoisotopic (exact) mass is 404 g/mol. The molecule has 2 rings (SSSR count). The van der Waals surface area contributed by atoms with Crippen molar-refractivity contribution < 1.29 is 9.53 Å². The standard InChI is InChI=1S/C18H14BrClN2O2/c1-2-9-24-17-8-7-16(20)11-14(17)12-21-22-18(23)10-13-3-5-15(19)6-4-13/h1,3-8,11-12H,9-10H2,(H,22,23)/b21-12+. The fourth-order valence-corrected chi connectivity index (χ4v) is 2.32. The van der Waals surface area contributed by atoms with Gasteiger partial charge in [0, 0.05) is 15.1 Å². The Morgan fingerprint density at radius 2 is 2.08 bits per heavy atom. The fraction of sp³-hybridized carbons (Fsp3) is 0.111. The third kappa shape index (κ3) is 5.73. The SMILES string of the molecule is C#CCOc1ccc(Cl)cc1/C=N/NC(=O)Cc1ccc(Br)cc1. The number of benzene rings is 2. The van der Waals surface area contributed by atoms with Gasteiger partial charge in [0.25, 0.3) is 0 Å². The molecule has 2 aromatic carbocycles. The van der Waals surface area contributed by atoms with Gasteiger partial charge >= 0.3 is 0 Å². The van der Waals surface area contributed by atoms with Gasteiger partial charge < -0.3 is 4.74 Å². The number of carbonyl (C=O) groups is 1. The van der Waals surface area contributed by atoms with Gasteiger partial charge in [-0.2, -0.15) is 5.10 Å². The van der Waals surface area contributed by atoms with E-state index in [1.54, 1.807) is 18.2 Å². The van der Waals surface area contributed by atoms with Crippen LogP contribution in [0.1, 0.15) is 11.1 Å². The quantitative estimate of drug-likeness (QED) is 0.451. The van der Waals surface area contributed by atoms with Crippen molar-refractivity contribution in [2.75, 3.05) is 6.61 Å². The molecule has 1 N–H and O–H groups in total. The number of carbonyl (C=O) groups excluding carboxylic acids is 1. The summed E-state index contributed by atoms with van der Waals surface area (Å²) in [4.78, 5) is 11.9. The molecule has 0 aliphatic heterocycles. The van der Waals surface area contributed by atoms with Crippen LogP contribution in [0.25, 0.3) is 0 Å². The molecule has 0 spiro atoms. The minimum Gasteiger partial charge on any atom is -0.480 e. The van der Waals surface area contributed by atoms with E-state index < -0.39 is 0 Å². The van der Waals surface area contributed by atoms with E-state index in [9.17, 15) is 4.79 Å². The summed E-state index contributed by atoms with van der Waals surface area (Å²) >= 11 is 9.31. The van der Waals surface area contributed by atoms with Crippen molar-refractivity contribution >= 4 is 39.7 Å². The van der Waals surface area contributed by atoms with Crippen molar-refractivity contribution in [1.29, 1.82) is 0 Å². The van der Waals surface area contributed by atoms with Gasteiger partial charge in [0.1, 0.15) is 12.4 Å². The Hall–Kier alpha value is -2.29. The molecule has 0 unspecified atom stereocenters. The predicted octanol–water partition coefficient (Wildman–Crippen LogP) is 3.81. The Bertz CT molecular complexity index is 783. The lowest BCUT2D eigenvalue weighted by Gasteiger charge is -2.06. The Labute approximate surface area is 154 Å². The third-order valence-electron chi connectivity index (χ3n) is 2.95. The molecule has 1 amide bonds. The molecule has 0 radical (unpaired) electrons. The maximum Gasteiger partial charge on any atom is 0.244 e. The number of hydrogen-bond donors (Lipinski definition) is 1. The Kier molecular flexibility index (Phi) is 6.86. The van der Waals surface area contributed by atoms with Gasteiger partial charge in [0.2, 0.25) is 5.91 Å². The Balaban J connectivity index is 1.98. The molecular weight excluding hydrogens is 392 g/mol. The average Bonchev–Trinajstić information content (AvgIpc) is 2.56. The highest BCUT2D eigenvalue weighted by molar-refractivity contribution is 9.10. The number of halogens is 2. The molecule has 122 valence electrons. The molecule has 24 heavy (non-hydrogen) atoms. The number of amides is 1. The summed E-state index contributed by atoms with van der Waals surface area (Å²) in [5.41, 5.74) is 4.00. The second-order valence-corrected chi connectivity index (χ2v) is 6.12. The topological polar surface area (TPSA) is 50.7 Å². The number of terminal acetylenes is 1. The highest BCUT2D eigenvalue weighted by atomic mass is 79.9. The number of nitrogens with zero attached hydrogens (tertiary/aromatic N) is 1. The van der Waals surface area contributed by atoms with Gasteiger partial charge in [-0.05, 0) is 35.9 Å². The maximum atomic E-state index is 11.9. The van der Waals surface area contributed by atoms with Crippen molar-refractivity contribution in [2.24, 2.45) is 5.10 Å². The fourth-order valence-electron chi connectivity index (χ4n) is 1.87. The van der Waals surface area contributed by atoms with Gasteiger partial charge in [-0.15, -0.1) is 6.42 Å². The summed E-state index contributed by atoms with van der Waals surface area (Å²) in [6.07, 6.45) is 6.89. The van der Waals surface area contributed by atoms with Crippen LogP contribution in [0, 0.1) is 12.3 Å². The first-order valence-corrected chi connectivity index (χ1v) is 8.18. The van der Waals surface area contributed by atoms with Crippen LogP contribution in [-0.4, -0.2) is 18.7 Å². The van der Waals surface area contributed by atoms with Crippen LogP contribution in [-0.2, 0) is 11.2 Å². The molecule has 0 heterocycles. The van der Waals surface area contributed by atoms with Crippen LogP contribution in [0.4, 0.5) is 0 Å². The number of nitrogens with one attached hydrogen (secondary N) is 1. The number of hydrogen-bond acceptors (Lipinski definition) is 3.